The zero-order chi connectivity index (χ0) is 19.3. The molecule has 0 radical (unpaired) electrons. The minimum Gasteiger partial charge on any atom is -0.495 e. The molecule has 1 amide bonds. The summed E-state index contributed by atoms with van der Waals surface area (Å²) in [5.41, 5.74) is 0.941. The van der Waals surface area contributed by atoms with Crippen molar-refractivity contribution in [3.8, 4) is 11.5 Å². The number of methoxy groups -OCH3 is 2. The Bertz CT molecular complexity index is 769. The Morgan fingerprint density at radius 2 is 1.58 bits per heavy atom. The number of esters is 1. The molecule has 2 rings (SSSR count). The van der Waals surface area contributed by atoms with Gasteiger partial charge in [0.1, 0.15) is 16.0 Å². The lowest BCUT2D eigenvalue weighted by atomic mass is 10.2. The van der Waals surface area contributed by atoms with E-state index in [1.165, 1.54) is 38.2 Å². The van der Waals surface area contributed by atoms with E-state index in [-0.39, 0.29) is 11.5 Å². The smallest absolute Gasteiger partial charge is 0.339 e. The van der Waals surface area contributed by atoms with Crippen LogP contribution in [0.15, 0.2) is 46.9 Å². The van der Waals surface area contributed by atoms with Crippen molar-refractivity contribution in [1.29, 1.82) is 0 Å². The number of hydrogen-bond donors (Lipinski definition) is 0. The maximum absolute atomic E-state index is 12.5. The first-order valence-electron chi connectivity index (χ1n) is 7.84. The van der Waals surface area contributed by atoms with Crippen molar-refractivity contribution in [3.05, 3.63) is 52.5 Å². The van der Waals surface area contributed by atoms with Gasteiger partial charge in [-0.2, -0.15) is 0 Å². The van der Waals surface area contributed by atoms with E-state index in [0.29, 0.717) is 21.7 Å². The Hall–Kier alpha value is -2.54. The lowest BCUT2D eigenvalue weighted by molar-refractivity contribution is -0.126. The van der Waals surface area contributed by atoms with Crippen LogP contribution >= 0.6 is 15.9 Å². The molecule has 1 atom stereocenters. The van der Waals surface area contributed by atoms with E-state index in [1.54, 1.807) is 19.2 Å². The molecule has 6 nitrogen and oxygen atoms in total. The van der Waals surface area contributed by atoms with E-state index in [2.05, 4.69) is 15.9 Å². The fraction of sp³-hybridized carbons (Fsp3) is 0.263. The van der Waals surface area contributed by atoms with Crippen LogP contribution in [0, 0.1) is 0 Å². The average Bonchev–Trinajstić information content (AvgIpc) is 2.67. The summed E-state index contributed by atoms with van der Waals surface area (Å²) < 4.78 is 16.3. The van der Waals surface area contributed by atoms with Gasteiger partial charge in [-0.15, -0.1) is 0 Å². The molecular formula is C19H20BrNO5. The minimum atomic E-state index is -0.951. The number of rotatable bonds is 6. The lowest BCUT2D eigenvalue weighted by Gasteiger charge is -2.21. The van der Waals surface area contributed by atoms with Crippen LogP contribution in [0.25, 0.3) is 0 Å². The number of halogens is 1. The van der Waals surface area contributed by atoms with Gasteiger partial charge < -0.3 is 19.1 Å². The van der Waals surface area contributed by atoms with Crippen LogP contribution in [0.4, 0.5) is 5.69 Å². The number of ether oxygens (including phenoxy) is 3. The van der Waals surface area contributed by atoms with Crippen LogP contribution in [-0.4, -0.2) is 39.2 Å². The van der Waals surface area contributed by atoms with E-state index in [4.69, 9.17) is 14.2 Å². The molecule has 0 spiro atoms. The van der Waals surface area contributed by atoms with Crippen LogP contribution in [-0.2, 0) is 9.53 Å². The van der Waals surface area contributed by atoms with Crippen molar-refractivity contribution in [2.45, 2.75) is 13.0 Å². The van der Waals surface area contributed by atoms with E-state index in [1.807, 2.05) is 18.2 Å². The van der Waals surface area contributed by atoms with Crippen LogP contribution in [0.2, 0.25) is 0 Å². The standard InChI is InChI=1S/C19H20BrNO5/c1-12(18(22)21(2)14-8-6-5-7-9-14)26-19(23)13-10-15(24-3)17(20)16(11-13)25-4/h5-12H,1-4H3. The topological polar surface area (TPSA) is 65.1 Å². The number of para-hydroxylation sites is 1. The van der Waals surface area contributed by atoms with Crippen LogP contribution in [0.3, 0.4) is 0 Å². The predicted molar refractivity (Wildman–Crippen MR) is 102 cm³/mol. The van der Waals surface area contributed by atoms with Crippen LogP contribution in [0.1, 0.15) is 17.3 Å². The van der Waals surface area contributed by atoms with Gasteiger partial charge in [-0.25, -0.2) is 4.79 Å². The molecule has 0 saturated carbocycles. The molecular weight excluding hydrogens is 402 g/mol. The van der Waals surface area contributed by atoms with Gasteiger partial charge >= 0.3 is 5.97 Å². The molecule has 0 N–H and O–H groups in total. The van der Waals surface area contributed by atoms with Gasteiger partial charge in [0.15, 0.2) is 6.10 Å². The normalized spacial score (nSPS) is 11.4. The van der Waals surface area contributed by atoms with Crippen molar-refractivity contribution in [2.24, 2.45) is 0 Å². The van der Waals surface area contributed by atoms with Gasteiger partial charge in [-0.05, 0) is 47.1 Å². The van der Waals surface area contributed by atoms with Gasteiger partial charge in [0, 0.05) is 12.7 Å². The van der Waals surface area contributed by atoms with E-state index < -0.39 is 12.1 Å². The Kier molecular flexibility index (Phi) is 6.63. The molecule has 0 saturated heterocycles. The zero-order valence-electron chi connectivity index (χ0n) is 15.0. The summed E-state index contributed by atoms with van der Waals surface area (Å²) in [7, 11) is 4.60. The molecule has 0 heterocycles. The van der Waals surface area contributed by atoms with Gasteiger partial charge in [0.05, 0.1) is 19.8 Å². The fourth-order valence-corrected chi connectivity index (χ4v) is 2.87. The van der Waals surface area contributed by atoms with Crippen molar-refractivity contribution in [1.82, 2.24) is 0 Å². The third-order valence-electron chi connectivity index (χ3n) is 3.79. The monoisotopic (exact) mass is 421 g/mol. The molecule has 0 aliphatic carbocycles. The highest BCUT2D eigenvalue weighted by Crippen LogP contribution is 2.35. The predicted octanol–water partition coefficient (Wildman–Crippen LogP) is 3.67. The quantitative estimate of drug-likeness (QED) is 0.665. The van der Waals surface area contributed by atoms with E-state index in [9.17, 15) is 9.59 Å². The van der Waals surface area contributed by atoms with Crippen molar-refractivity contribution in [3.63, 3.8) is 0 Å². The Balaban J connectivity index is 2.15. The second-order valence-electron chi connectivity index (χ2n) is 5.48. The second kappa shape index (κ2) is 8.71. The first-order valence-corrected chi connectivity index (χ1v) is 8.63. The Morgan fingerprint density at radius 1 is 1.04 bits per heavy atom. The molecule has 0 fully saturated rings. The molecule has 0 bridgehead atoms. The molecule has 2 aromatic carbocycles. The Morgan fingerprint density at radius 3 is 2.08 bits per heavy atom. The van der Waals surface area contributed by atoms with Gasteiger partial charge in [0.2, 0.25) is 0 Å². The highest BCUT2D eigenvalue weighted by molar-refractivity contribution is 9.10. The maximum Gasteiger partial charge on any atom is 0.339 e. The third-order valence-corrected chi connectivity index (χ3v) is 4.57. The summed E-state index contributed by atoms with van der Waals surface area (Å²) in [6.45, 7) is 1.53. The molecule has 7 heteroatoms. The lowest BCUT2D eigenvalue weighted by Crippen LogP contribution is -2.37. The van der Waals surface area contributed by atoms with Gasteiger partial charge in [-0.1, -0.05) is 18.2 Å². The number of hydrogen-bond acceptors (Lipinski definition) is 5. The minimum absolute atomic E-state index is 0.226. The number of carbonyl (C=O) groups excluding carboxylic acids is 2. The molecule has 0 aliphatic rings. The third kappa shape index (κ3) is 4.35. The van der Waals surface area contributed by atoms with Gasteiger partial charge in [0.25, 0.3) is 5.91 Å². The summed E-state index contributed by atoms with van der Waals surface area (Å²) in [6.07, 6.45) is -0.951. The highest BCUT2D eigenvalue weighted by atomic mass is 79.9. The van der Waals surface area contributed by atoms with E-state index in [0.717, 1.165) is 0 Å². The maximum atomic E-state index is 12.5. The summed E-state index contributed by atoms with van der Waals surface area (Å²) >= 11 is 3.34. The van der Waals surface area contributed by atoms with Crippen molar-refractivity contribution in [2.75, 3.05) is 26.2 Å². The zero-order valence-corrected chi connectivity index (χ0v) is 16.6. The molecule has 0 aliphatic heterocycles. The van der Waals surface area contributed by atoms with Crippen molar-refractivity contribution >= 4 is 33.5 Å². The number of nitrogens with zero attached hydrogens (tertiary/aromatic N) is 1. The SMILES string of the molecule is COc1cc(C(=O)OC(C)C(=O)N(C)c2ccccc2)cc(OC)c1Br. The summed E-state index contributed by atoms with van der Waals surface area (Å²) in [5.74, 6) is -0.120. The van der Waals surface area contributed by atoms with Crippen LogP contribution < -0.4 is 14.4 Å². The number of benzene rings is 2. The first kappa shape index (κ1) is 19.8. The average molecular weight is 422 g/mol. The highest BCUT2D eigenvalue weighted by Gasteiger charge is 2.24. The van der Waals surface area contributed by atoms with Crippen molar-refractivity contribution < 1.29 is 23.8 Å². The fourth-order valence-electron chi connectivity index (χ4n) is 2.32. The Labute approximate surface area is 160 Å². The number of amides is 1. The number of carbonyl (C=O) groups is 2. The van der Waals surface area contributed by atoms with Crippen LogP contribution in [0.5, 0.6) is 11.5 Å². The van der Waals surface area contributed by atoms with Gasteiger partial charge in [-0.3, -0.25) is 4.79 Å². The molecule has 2 aromatic rings. The molecule has 138 valence electrons. The molecule has 1 unspecified atom stereocenters. The molecule has 0 aromatic heterocycles. The number of likely N-dealkylation sites (N-methyl/N-ethyl adjacent to an activating group) is 1. The largest absolute Gasteiger partial charge is 0.495 e. The summed E-state index contributed by atoms with van der Waals surface area (Å²) in [4.78, 5) is 26.4. The number of anilines is 1. The first-order chi connectivity index (χ1) is 12.4. The summed E-state index contributed by atoms with van der Waals surface area (Å²) in [5, 5.41) is 0. The second-order valence-corrected chi connectivity index (χ2v) is 6.27. The molecule has 26 heavy (non-hydrogen) atoms. The van der Waals surface area contributed by atoms with E-state index >= 15 is 0 Å². The summed E-state index contributed by atoms with van der Waals surface area (Å²) in [6, 6.07) is 12.2.